The monoisotopic (exact) mass is 533 g/mol. The number of terminal acetylenes is 1. The quantitative estimate of drug-likeness (QED) is 0.363. The van der Waals surface area contributed by atoms with Crippen molar-refractivity contribution in [3.8, 4) is 29.7 Å². The molecule has 0 aliphatic carbocycles. The minimum Gasteiger partial charge on any atom is -0.394 e. The van der Waals surface area contributed by atoms with Crippen LogP contribution in [-0.4, -0.2) is 67.7 Å². The van der Waals surface area contributed by atoms with E-state index >= 15 is 0 Å². The van der Waals surface area contributed by atoms with Crippen LogP contribution in [0.25, 0.3) is 11.3 Å². The number of aliphatic hydroxyl groups is 2. The predicted octanol–water partition coefficient (Wildman–Crippen LogP) is 2.55. The second-order valence-corrected chi connectivity index (χ2v) is 9.21. The Morgan fingerprint density at radius 1 is 1.33 bits per heavy atom. The molecular weight excluding hydrogens is 516 g/mol. The molecular formula is C23H18ClF2N5O4S. The standard InChI is InChI=1S/C23H18ClF2N5O4S/c1-3-11-4-18(15(7-27)28-8-11)36-23-22(34-2)20(21(33)17(10-32)35-23)31-9-16(29-30-31)12-5-13(25)19(24)14(26)6-12/h1,4-6,8-9,17,20-23,32-33H,10H2,2H3. The molecule has 0 saturated carbocycles. The van der Waals surface area contributed by atoms with Gasteiger partial charge < -0.3 is 19.7 Å². The smallest absolute Gasteiger partial charge is 0.154 e. The molecule has 4 rings (SSSR count). The Morgan fingerprint density at radius 2 is 2.06 bits per heavy atom. The molecule has 1 fully saturated rings. The number of nitriles is 1. The first-order chi connectivity index (χ1) is 17.3. The maximum atomic E-state index is 14.0. The molecule has 0 radical (unpaired) electrons. The number of thioether (sulfide) groups is 1. The number of pyridine rings is 1. The number of methoxy groups -OCH3 is 1. The molecule has 5 atom stereocenters. The second-order valence-electron chi connectivity index (χ2n) is 7.69. The van der Waals surface area contributed by atoms with Gasteiger partial charge in [-0.1, -0.05) is 34.5 Å². The molecule has 186 valence electrons. The van der Waals surface area contributed by atoms with Crippen LogP contribution in [0.1, 0.15) is 17.3 Å². The highest BCUT2D eigenvalue weighted by Gasteiger charge is 2.47. The van der Waals surface area contributed by atoms with E-state index in [0.717, 1.165) is 23.9 Å². The van der Waals surface area contributed by atoms with Crippen molar-refractivity contribution in [2.45, 2.75) is 34.7 Å². The van der Waals surface area contributed by atoms with Gasteiger partial charge in [0.15, 0.2) is 5.69 Å². The third-order valence-electron chi connectivity index (χ3n) is 5.56. The number of rotatable bonds is 6. The molecule has 1 aliphatic rings. The van der Waals surface area contributed by atoms with Crippen molar-refractivity contribution in [3.63, 3.8) is 0 Å². The molecule has 13 heteroatoms. The second kappa shape index (κ2) is 10.9. The molecule has 36 heavy (non-hydrogen) atoms. The lowest BCUT2D eigenvalue weighted by Gasteiger charge is -2.43. The van der Waals surface area contributed by atoms with Gasteiger partial charge in [0.2, 0.25) is 0 Å². The minimum atomic E-state index is -1.30. The summed E-state index contributed by atoms with van der Waals surface area (Å²) in [5, 5.41) is 37.6. The summed E-state index contributed by atoms with van der Waals surface area (Å²) in [4.78, 5) is 4.47. The van der Waals surface area contributed by atoms with Crippen LogP contribution in [0.2, 0.25) is 5.02 Å². The lowest BCUT2D eigenvalue weighted by atomic mass is 9.97. The molecule has 9 nitrogen and oxygen atoms in total. The maximum absolute atomic E-state index is 14.0. The predicted molar refractivity (Wildman–Crippen MR) is 125 cm³/mol. The fraction of sp³-hybridized carbons (Fsp3) is 0.304. The Labute approximate surface area is 213 Å². The molecule has 0 amide bonds. The first-order valence-electron chi connectivity index (χ1n) is 10.4. The van der Waals surface area contributed by atoms with E-state index in [4.69, 9.17) is 27.5 Å². The zero-order chi connectivity index (χ0) is 26.0. The fourth-order valence-electron chi connectivity index (χ4n) is 3.79. The first kappa shape index (κ1) is 26.0. The molecule has 1 aliphatic heterocycles. The van der Waals surface area contributed by atoms with Crippen LogP contribution < -0.4 is 0 Å². The first-order valence-corrected chi connectivity index (χ1v) is 11.6. The molecule has 1 saturated heterocycles. The van der Waals surface area contributed by atoms with Crippen molar-refractivity contribution >= 4 is 23.4 Å². The number of hydrogen-bond donors (Lipinski definition) is 2. The largest absolute Gasteiger partial charge is 0.394 e. The lowest BCUT2D eigenvalue weighted by molar-refractivity contribution is -0.186. The zero-order valence-corrected chi connectivity index (χ0v) is 20.1. The summed E-state index contributed by atoms with van der Waals surface area (Å²) in [6.45, 7) is -0.534. The van der Waals surface area contributed by atoms with E-state index in [1.807, 2.05) is 6.07 Å². The van der Waals surface area contributed by atoms with E-state index in [-0.39, 0.29) is 17.0 Å². The third kappa shape index (κ3) is 4.92. The summed E-state index contributed by atoms with van der Waals surface area (Å²) >= 11 is 6.64. The van der Waals surface area contributed by atoms with Gasteiger partial charge in [-0.3, -0.25) is 0 Å². The summed E-state index contributed by atoms with van der Waals surface area (Å²) in [5.41, 5.74) is -0.104. The van der Waals surface area contributed by atoms with E-state index in [0.29, 0.717) is 10.5 Å². The number of aromatic nitrogens is 4. The number of ether oxygens (including phenoxy) is 2. The van der Waals surface area contributed by atoms with Gasteiger partial charge in [-0.05, 0) is 18.2 Å². The summed E-state index contributed by atoms with van der Waals surface area (Å²) in [7, 11) is 1.39. The van der Waals surface area contributed by atoms with Crippen molar-refractivity contribution in [2.75, 3.05) is 13.7 Å². The van der Waals surface area contributed by atoms with Crippen LogP contribution in [-0.2, 0) is 9.47 Å². The Bertz CT molecular complexity index is 1340. The molecule has 3 heterocycles. The van der Waals surface area contributed by atoms with E-state index in [1.54, 1.807) is 6.07 Å². The number of aliphatic hydroxyl groups excluding tert-OH is 2. The summed E-state index contributed by atoms with van der Waals surface area (Å²) < 4.78 is 40.7. The number of benzene rings is 1. The molecule has 5 unspecified atom stereocenters. The van der Waals surface area contributed by atoms with Gasteiger partial charge in [-0.25, -0.2) is 18.4 Å². The highest BCUT2D eigenvalue weighted by atomic mass is 35.5. The van der Waals surface area contributed by atoms with Gasteiger partial charge in [-0.2, -0.15) is 5.26 Å². The van der Waals surface area contributed by atoms with Crippen LogP contribution in [0.5, 0.6) is 0 Å². The summed E-state index contributed by atoms with van der Waals surface area (Å²) in [5.74, 6) is 0.525. The zero-order valence-electron chi connectivity index (χ0n) is 18.5. The van der Waals surface area contributed by atoms with Crippen LogP contribution in [0, 0.1) is 35.3 Å². The lowest BCUT2D eigenvalue weighted by Crippen LogP contribution is -2.55. The van der Waals surface area contributed by atoms with E-state index in [9.17, 15) is 24.3 Å². The van der Waals surface area contributed by atoms with Crippen molar-refractivity contribution in [1.82, 2.24) is 20.0 Å². The van der Waals surface area contributed by atoms with Crippen molar-refractivity contribution in [3.05, 3.63) is 58.5 Å². The number of halogens is 3. The normalized spacial score (nSPS) is 23.7. The Balaban J connectivity index is 1.70. The van der Waals surface area contributed by atoms with Gasteiger partial charge in [0, 0.05) is 29.3 Å². The molecule has 0 spiro atoms. The summed E-state index contributed by atoms with van der Waals surface area (Å²) in [6, 6.07) is 4.67. The Kier molecular flexibility index (Phi) is 7.85. The van der Waals surface area contributed by atoms with Crippen LogP contribution in [0.3, 0.4) is 0 Å². The SMILES string of the molecule is C#Cc1cnc(C#N)c(SC2OC(CO)C(O)C(n3cc(-c4cc(F)c(Cl)c(F)c4)nn3)C2OC)c1. The number of hydrogen-bond acceptors (Lipinski definition) is 9. The summed E-state index contributed by atoms with van der Waals surface area (Å²) in [6.07, 6.45) is 5.01. The highest BCUT2D eigenvalue weighted by Crippen LogP contribution is 2.40. The van der Waals surface area contributed by atoms with Crippen molar-refractivity contribution < 1.29 is 28.5 Å². The van der Waals surface area contributed by atoms with E-state index < -0.39 is 53.1 Å². The van der Waals surface area contributed by atoms with Gasteiger partial charge in [-0.15, -0.1) is 11.5 Å². The van der Waals surface area contributed by atoms with Crippen molar-refractivity contribution in [1.29, 1.82) is 5.26 Å². The Hall–Kier alpha value is -3.10. The Morgan fingerprint density at radius 3 is 2.67 bits per heavy atom. The number of nitrogens with zero attached hydrogens (tertiary/aromatic N) is 5. The molecule has 2 N–H and O–H groups in total. The van der Waals surface area contributed by atoms with Crippen LogP contribution >= 0.6 is 23.4 Å². The molecule has 1 aromatic carbocycles. The molecule has 3 aromatic rings. The molecule has 0 bridgehead atoms. The van der Waals surface area contributed by atoms with Crippen LogP contribution in [0.4, 0.5) is 8.78 Å². The molecule has 2 aromatic heterocycles. The van der Waals surface area contributed by atoms with Crippen molar-refractivity contribution in [2.24, 2.45) is 0 Å². The maximum Gasteiger partial charge on any atom is 0.154 e. The fourth-order valence-corrected chi connectivity index (χ4v) is 5.16. The highest BCUT2D eigenvalue weighted by molar-refractivity contribution is 7.99. The van der Waals surface area contributed by atoms with E-state index in [2.05, 4.69) is 21.2 Å². The topological polar surface area (TPSA) is 126 Å². The van der Waals surface area contributed by atoms with Gasteiger partial charge >= 0.3 is 0 Å². The van der Waals surface area contributed by atoms with Gasteiger partial charge in [0.1, 0.15) is 58.2 Å². The average Bonchev–Trinajstić information content (AvgIpc) is 3.37. The van der Waals surface area contributed by atoms with Gasteiger partial charge in [0.05, 0.1) is 12.8 Å². The minimum absolute atomic E-state index is 0.0802. The van der Waals surface area contributed by atoms with E-state index in [1.165, 1.54) is 24.2 Å². The van der Waals surface area contributed by atoms with Crippen LogP contribution in [0.15, 0.2) is 35.5 Å². The third-order valence-corrected chi connectivity index (χ3v) is 7.10. The average molecular weight is 534 g/mol. The van der Waals surface area contributed by atoms with Gasteiger partial charge in [0.25, 0.3) is 0 Å².